The highest BCUT2D eigenvalue weighted by molar-refractivity contribution is 5.66. The van der Waals surface area contributed by atoms with Crippen molar-refractivity contribution in [2.75, 3.05) is 23.4 Å². The summed E-state index contributed by atoms with van der Waals surface area (Å²) in [4.78, 5) is 11.4. The summed E-state index contributed by atoms with van der Waals surface area (Å²) in [5.41, 5.74) is 3.55. The smallest absolute Gasteiger partial charge is 0.180 e. The minimum atomic E-state index is 0.671. The van der Waals surface area contributed by atoms with Crippen LogP contribution in [0.2, 0.25) is 0 Å². The molecule has 0 bridgehead atoms. The molecule has 2 aromatic heterocycles. The van der Waals surface area contributed by atoms with E-state index in [0.29, 0.717) is 5.82 Å². The van der Waals surface area contributed by atoms with Crippen molar-refractivity contribution in [3.63, 3.8) is 0 Å². The highest BCUT2D eigenvalue weighted by Gasteiger charge is 2.20. The molecule has 1 aliphatic rings. The van der Waals surface area contributed by atoms with Crippen molar-refractivity contribution in [2.45, 2.75) is 39.0 Å². The maximum Gasteiger partial charge on any atom is 0.180 e. The summed E-state index contributed by atoms with van der Waals surface area (Å²) in [5.74, 6) is 8.00. The number of hydrogen-bond acceptors (Lipinski definition) is 5. The molecule has 21 heavy (non-hydrogen) atoms. The van der Waals surface area contributed by atoms with E-state index < -0.39 is 0 Å². The van der Waals surface area contributed by atoms with Crippen LogP contribution in [0.1, 0.15) is 39.0 Å². The SMILES string of the molecule is CCCC1CCCN(c2nc(NN)cn3ccnc23)CC1. The molecule has 0 amide bonds. The molecule has 1 saturated heterocycles. The van der Waals surface area contributed by atoms with Gasteiger partial charge in [-0.15, -0.1) is 0 Å². The fourth-order valence-corrected chi connectivity index (χ4v) is 3.27. The van der Waals surface area contributed by atoms with E-state index in [1.165, 1.54) is 32.1 Å². The molecular weight excluding hydrogens is 264 g/mol. The largest absolute Gasteiger partial charge is 0.353 e. The quantitative estimate of drug-likeness (QED) is 0.668. The molecular formula is C15H24N6. The second-order valence-electron chi connectivity index (χ2n) is 5.82. The third-order valence-electron chi connectivity index (χ3n) is 4.35. The molecule has 1 fully saturated rings. The topological polar surface area (TPSA) is 71.5 Å². The molecule has 114 valence electrons. The molecule has 3 heterocycles. The number of hydrazine groups is 1. The summed E-state index contributed by atoms with van der Waals surface area (Å²) in [6.45, 7) is 4.37. The summed E-state index contributed by atoms with van der Waals surface area (Å²) >= 11 is 0. The van der Waals surface area contributed by atoms with Gasteiger partial charge < -0.3 is 14.7 Å². The Hall–Kier alpha value is -1.82. The van der Waals surface area contributed by atoms with E-state index in [2.05, 4.69) is 27.2 Å². The molecule has 6 heteroatoms. The average molecular weight is 288 g/mol. The fraction of sp³-hybridized carbons (Fsp3) is 0.600. The van der Waals surface area contributed by atoms with Gasteiger partial charge in [0, 0.05) is 25.5 Å². The lowest BCUT2D eigenvalue weighted by molar-refractivity contribution is 0.435. The van der Waals surface area contributed by atoms with Crippen LogP contribution >= 0.6 is 0 Å². The molecule has 6 nitrogen and oxygen atoms in total. The van der Waals surface area contributed by atoms with Crippen LogP contribution in [0.15, 0.2) is 18.6 Å². The molecule has 1 aliphatic heterocycles. The van der Waals surface area contributed by atoms with Crippen LogP contribution in [0.25, 0.3) is 5.65 Å². The number of imidazole rings is 1. The first-order chi connectivity index (χ1) is 10.3. The second-order valence-corrected chi connectivity index (χ2v) is 5.82. The number of nitrogen functional groups attached to an aromatic ring is 1. The van der Waals surface area contributed by atoms with Gasteiger partial charge in [0.2, 0.25) is 0 Å². The van der Waals surface area contributed by atoms with Gasteiger partial charge in [0.15, 0.2) is 17.3 Å². The summed E-state index contributed by atoms with van der Waals surface area (Å²) in [5, 5.41) is 0. The number of nitrogens with zero attached hydrogens (tertiary/aromatic N) is 4. The van der Waals surface area contributed by atoms with Crippen molar-refractivity contribution in [2.24, 2.45) is 11.8 Å². The van der Waals surface area contributed by atoms with Crippen LogP contribution in [-0.4, -0.2) is 27.5 Å². The number of anilines is 2. The van der Waals surface area contributed by atoms with Gasteiger partial charge in [-0.1, -0.05) is 19.8 Å². The zero-order valence-electron chi connectivity index (χ0n) is 12.6. The predicted octanol–water partition coefficient (Wildman–Crippen LogP) is 2.42. The first kappa shape index (κ1) is 14.1. The van der Waals surface area contributed by atoms with Crippen LogP contribution < -0.4 is 16.2 Å². The third kappa shape index (κ3) is 2.95. The summed E-state index contributed by atoms with van der Waals surface area (Å²) in [6.07, 6.45) is 12.0. The molecule has 3 N–H and O–H groups in total. The summed E-state index contributed by atoms with van der Waals surface area (Å²) in [6, 6.07) is 0. The minimum absolute atomic E-state index is 0.671. The predicted molar refractivity (Wildman–Crippen MR) is 85.3 cm³/mol. The average Bonchev–Trinajstić information content (AvgIpc) is 2.86. The highest BCUT2D eigenvalue weighted by atomic mass is 15.3. The van der Waals surface area contributed by atoms with Gasteiger partial charge in [-0.05, 0) is 25.2 Å². The molecule has 0 saturated carbocycles. The highest BCUT2D eigenvalue weighted by Crippen LogP contribution is 2.27. The first-order valence-electron chi connectivity index (χ1n) is 7.87. The van der Waals surface area contributed by atoms with Gasteiger partial charge in [-0.25, -0.2) is 15.8 Å². The number of aromatic nitrogens is 3. The number of rotatable bonds is 4. The van der Waals surface area contributed by atoms with Crippen LogP contribution in [0.4, 0.5) is 11.6 Å². The van der Waals surface area contributed by atoms with E-state index in [1.54, 1.807) is 6.20 Å². The maximum atomic E-state index is 5.54. The minimum Gasteiger partial charge on any atom is -0.353 e. The van der Waals surface area contributed by atoms with Gasteiger partial charge in [-0.2, -0.15) is 0 Å². The second kappa shape index (κ2) is 6.30. The van der Waals surface area contributed by atoms with Crippen molar-refractivity contribution in [1.82, 2.24) is 14.4 Å². The van der Waals surface area contributed by atoms with E-state index in [0.717, 1.165) is 30.5 Å². The van der Waals surface area contributed by atoms with Gasteiger partial charge in [-0.3, -0.25) is 0 Å². The Labute approximate surface area is 125 Å². The van der Waals surface area contributed by atoms with Gasteiger partial charge in [0.25, 0.3) is 0 Å². The standard InChI is InChI=1S/C15H24N6/c1-2-4-12-5-3-8-20(9-6-12)15-14-17-7-10-21(14)11-13(18-15)19-16/h7,10-12,19H,2-6,8-9,16H2,1H3. The van der Waals surface area contributed by atoms with Gasteiger partial charge >= 0.3 is 0 Å². The van der Waals surface area contributed by atoms with Gasteiger partial charge in [0.1, 0.15) is 0 Å². The Morgan fingerprint density at radius 1 is 1.38 bits per heavy atom. The summed E-state index contributed by atoms with van der Waals surface area (Å²) < 4.78 is 1.98. The van der Waals surface area contributed by atoms with E-state index in [4.69, 9.17) is 5.84 Å². The lowest BCUT2D eigenvalue weighted by Gasteiger charge is -2.22. The third-order valence-corrected chi connectivity index (χ3v) is 4.35. The molecule has 0 aliphatic carbocycles. The summed E-state index contributed by atoms with van der Waals surface area (Å²) in [7, 11) is 0. The Morgan fingerprint density at radius 2 is 2.29 bits per heavy atom. The maximum absolute atomic E-state index is 5.54. The molecule has 0 radical (unpaired) electrons. The number of nitrogens with two attached hydrogens (primary N) is 1. The van der Waals surface area contributed by atoms with E-state index >= 15 is 0 Å². The number of nitrogens with one attached hydrogen (secondary N) is 1. The van der Waals surface area contributed by atoms with Crippen molar-refractivity contribution in [3.8, 4) is 0 Å². The molecule has 3 rings (SSSR count). The van der Waals surface area contributed by atoms with Crippen LogP contribution in [0.3, 0.4) is 0 Å². The zero-order valence-corrected chi connectivity index (χ0v) is 12.6. The zero-order chi connectivity index (χ0) is 14.7. The van der Waals surface area contributed by atoms with Crippen molar-refractivity contribution in [3.05, 3.63) is 18.6 Å². The lowest BCUT2D eigenvalue weighted by Crippen LogP contribution is -2.26. The van der Waals surface area contributed by atoms with Crippen molar-refractivity contribution >= 4 is 17.3 Å². The van der Waals surface area contributed by atoms with Crippen molar-refractivity contribution < 1.29 is 0 Å². The molecule has 1 unspecified atom stereocenters. The molecule has 0 spiro atoms. The Kier molecular flexibility index (Phi) is 4.24. The number of fused-ring (bicyclic) bond motifs is 1. The molecule has 2 aromatic rings. The van der Waals surface area contributed by atoms with Gasteiger partial charge in [0.05, 0.1) is 6.20 Å². The fourth-order valence-electron chi connectivity index (χ4n) is 3.27. The monoisotopic (exact) mass is 288 g/mol. The molecule has 0 aromatic carbocycles. The Balaban J connectivity index is 1.87. The first-order valence-corrected chi connectivity index (χ1v) is 7.87. The van der Waals surface area contributed by atoms with Crippen LogP contribution in [0.5, 0.6) is 0 Å². The van der Waals surface area contributed by atoms with Crippen LogP contribution in [-0.2, 0) is 0 Å². The van der Waals surface area contributed by atoms with Crippen molar-refractivity contribution in [1.29, 1.82) is 0 Å². The van der Waals surface area contributed by atoms with E-state index in [1.807, 2.05) is 16.8 Å². The number of hydrogen-bond donors (Lipinski definition) is 2. The van der Waals surface area contributed by atoms with Crippen LogP contribution in [0, 0.1) is 5.92 Å². The lowest BCUT2D eigenvalue weighted by atomic mass is 9.96. The normalized spacial score (nSPS) is 19.7. The van der Waals surface area contributed by atoms with E-state index in [9.17, 15) is 0 Å². The van der Waals surface area contributed by atoms with E-state index in [-0.39, 0.29) is 0 Å². The Morgan fingerprint density at radius 3 is 3.10 bits per heavy atom. The molecule has 1 atom stereocenters. The Bertz CT molecular complexity index is 593.